The van der Waals surface area contributed by atoms with Crippen molar-refractivity contribution in [3.05, 3.63) is 64.2 Å². The highest BCUT2D eigenvalue weighted by Gasteiger charge is 2.15. The summed E-state index contributed by atoms with van der Waals surface area (Å²) < 4.78 is 11.2. The van der Waals surface area contributed by atoms with E-state index in [0.717, 1.165) is 11.1 Å². The van der Waals surface area contributed by atoms with Gasteiger partial charge < -0.3 is 24.5 Å². The lowest BCUT2D eigenvalue weighted by molar-refractivity contribution is -0.132. The Labute approximate surface area is 188 Å². The molecular formula is C24H22N4O5. The Kier molecular flexibility index (Phi) is 5.95. The van der Waals surface area contributed by atoms with Crippen LogP contribution in [0.1, 0.15) is 19.4 Å². The molecule has 0 aliphatic rings. The molecule has 9 nitrogen and oxygen atoms in total. The summed E-state index contributed by atoms with van der Waals surface area (Å²) in [6.07, 6.45) is 2.99. The first-order chi connectivity index (χ1) is 15.9. The van der Waals surface area contributed by atoms with Crippen LogP contribution in [0, 0.1) is 0 Å². The van der Waals surface area contributed by atoms with Crippen LogP contribution >= 0.6 is 0 Å². The highest BCUT2D eigenvalue weighted by Crippen LogP contribution is 2.35. The summed E-state index contributed by atoms with van der Waals surface area (Å²) in [5.74, 6) is 0.477. The lowest BCUT2D eigenvalue weighted by Gasteiger charge is -2.13. The van der Waals surface area contributed by atoms with Crippen molar-refractivity contribution in [2.24, 2.45) is 0 Å². The lowest BCUT2D eigenvalue weighted by Crippen LogP contribution is -2.10. The van der Waals surface area contributed by atoms with Crippen LogP contribution in [0.5, 0.6) is 11.5 Å². The number of aromatic amines is 2. The van der Waals surface area contributed by atoms with Gasteiger partial charge in [-0.3, -0.25) is 4.79 Å². The number of aliphatic carboxylic acids is 1. The number of imidazole rings is 1. The van der Waals surface area contributed by atoms with Crippen LogP contribution in [0.25, 0.3) is 39.8 Å². The molecule has 4 aromatic rings. The predicted molar refractivity (Wildman–Crippen MR) is 124 cm³/mol. The summed E-state index contributed by atoms with van der Waals surface area (Å²) in [5, 5.41) is 9.24. The van der Waals surface area contributed by atoms with E-state index in [4.69, 9.17) is 9.47 Å². The summed E-state index contributed by atoms with van der Waals surface area (Å²) in [4.78, 5) is 37.7. The minimum Gasteiger partial charge on any atom is -0.496 e. The molecule has 3 N–H and O–H groups in total. The van der Waals surface area contributed by atoms with Crippen molar-refractivity contribution in [1.82, 2.24) is 19.9 Å². The molecule has 2 aromatic heterocycles. The van der Waals surface area contributed by atoms with Crippen LogP contribution in [-0.2, 0) is 4.79 Å². The van der Waals surface area contributed by atoms with Gasteiger partial charge >= 0.3 is 5.97 Å². The molecule has 0 amide bonds. The van der Waals surface area contributed by atoms with Gasteiger partial charge in [-0.1, -0.05) is 12.1 Å². The van der Waals surface area contributed by atoms with Crippen molar-refractivity contribution in [3.63, 3.8) is 0 Å². The van der Waals surface area contributed by atoms with Gasteiger partial charge in [-0.2, -0.15) is 0 Å². The quantitative estimate of drug-likeness (QED) is 0.367. The summed E-state index contributed by atoms with van der Waals surface area (Å²) in [6.45, 7) is 3.82. The van der Waals surface area contributed by atoms with Gasteiger partial charge in [0, 0.05) is 11.1 Å². The third kappa shape index (κ3) is 4.33. The number of benzene rings is 2. The van der Waals surface area contributed by atoms with E-state index >= 15 is 0 Å². The van der Waals surface area contributed by atoms with Gasteiger partial charge in [0.1, 0.15) is 17.3 Å². The standard InChI is InChI=1S/C24H22N4O5/c1-4-33-19-11-15(14-6-8-18(32-3)16(10-14)9-13(2)24(30)31)5-7-17(19)21-27-22-20(23(29)28-21)25-12-26-22/h5-12H,4H2,1-3H3,(H,30,31)(H2,25,26,27,28,29)/b13-9+. The maximum atomic E-state index is 12.3. The molecule has 0 unspecified atom stereocenters. The summed E-state index contributed by atoms with van der Waals surface area (Å²) in [5.41, 5.74) is 3.44. The molecule has 0 bridgehead atoms. The number of carboxylic acids is 1. The van der Waals surface area contributed by atoms with Crippen molar-refractivity contribution in [3.8, 4) is 34.0 Å². The summed E-state index contributed by atoms with van der Waals surface area (Å²) in [7, 11) is 1.54. The second-order valence-corrected chi connectivity index (χ2v) is 7.25. The molecule has 2 aromatic carbocycles. The van der Waals surface area contributed by atoms with E-state index in [1.165, 1.54) is 20.4 Å². The van der Waals surface area contributed by atoms with Crippen LogP contribution in [0.4, 0.5) is 0 Å². The molecule has 0 radical (unpaired) electrons. The molecule has 2 heterocycles. The normalized spacial score (nSPS) is 11.5. The number of hydrogen-bond acceptors (Lipinski definition) is 6. The van der Waals surface area contributed by atoms with Crippen LogP contribution in [-0.4, -0.2) is 44.7 Å². The fourth-order valence-electron chi connectivity index (χ4n) is 3.47. The Bertz CT molecular complexity index is 1430. The molecule has 0 spiro atoms. The Morgan fingerprint density at radius 3 is 2.64 bits per heavy atom. The number of nitrogens with zero attached hydrogens (tertiary/aromatic N) is 2. The predicted octanol–water partition coefficient (Wildman–Crippen LogP) is 3.88. The third-order valence-corrected chi connectivity index (χ3v) is 5.10. The Morgan fingerprint density at radius 2 is 1.91 bits per heavy atom. The number of ether oxygens (including phenoxy) is 2. The van der Waals surface area contributed by atoms with Gasteiger partial charge in [-0.25, -0.2) is 14.8 Å². The number of nitrogens with one attached hydrogen (secondary N) is 2. The summed E-state index contributed by atoms with van der Waals surface area (Å²) in [6, 6.07) is 11.1. The van der Waals surface area contributed by atoms with E-state index in [-0.39, 0.29) is 16.6 Å². The zero-order valence-corrected chi connectivity index (χ0v) is 18.3. The number of methoxy groups -OCH3 is 1. The van der Waals surface area contributed by atoms with Gasteiger partial charge in [0.25, 0.3) is 5.56 Å². The van der Waals surface area contributed by atoms with E-state index in [2.05, 4.69) is 19.9 Å². The van der Waals surface area contributed by atoms with Crippen LogP contribution in [0.15, 0.2) is 53.1 Å². The van der Waals surface area contributed by atoms with E-state index in [1.54, 1.807) is 12.1 Å². The Hall–Kier alpha value is -4.40. The van der Waals surface area contributed by atoms with Crippen molar-refractivity contribution < 1.29 is 19.4 Å². The fourth-order valence-corrected chi connectivity index (χ4v) is 3.47. The van der Waals surface area contributed by atoms with Gasteiger partial charge in [-0.05, 0) is 55.3 Å². The van der Waals surface area contributed by atoms with Crippen LogP contribution < -0.4 is 15.0 Å². The second kappa shape index (κ2) is 8.99. The van der Waals surface area contributed by atoms with Gasteiger partial charge in [0.2, 0.25) is 0 Å². The SMILES string of the molecule is CCOc1cc(-c2ccc(OC)c(/C=C(\C)C(=O)O)c2)ccc1-c1nc2[nH]cnc2c(=O)[nH]1. The van der Waals surface area contributed by atoms with Crippen molar-refractivity contribution in [1.29, 1.82) is 0 Å². The average Bonchev–Trinajstić information content (AvgIpc) is 3.28. The molecule has 0 atom stereocenters. The Morgan fingerprint density at radius 1 is 1.15 bits per heavy atom. The maximum Gasteiger partial charge on any atom is 0.331 e. The van der Waals surface area contributed by atoms with Gasteiger partial charge in [-0.15, -0.1) is 0 Å². The first kappa shape index (κ1) is 21.8. The van der Waals surface area contributed by atoms with E-state index in [9.17, 15) is 14.7 Å². The molecule has 0 aliphatic carbocycles. The highest BCUT2D eigenvalue weighted by molar-refractivity contribution is 5.92. The number of rotatable bonds is 7. The maximum absolute atomic E-state index is 12.3. The van der Waals surface area contributed by atoms with Gasteiger partial charge in [0.05, 0.1) is 25.6 Å². The molecular weight excluding hydrogens is 424 g/mol. The lowest BCUT2D eigenvalue weighted by atomic mass is 9.99. The number of carbonyl (C=O) groups is 1. The van der Waals surface area contributed by atoms with Crippen molar-refractivity contribution >= 4 is 23.2 Å². The minimum absolute atomic E-state index is 0.194. The molecule has 0 saturated heterocycles. The molecule has 168 valence electrons. The first-order valence-electron chi connectivity index (χ1n) is 10.2. The van der Waals surface area contributed by atoms with E-state index in [1.807, 2.05) is 37.3 Å². The van der Waals surface area contributed by atoms with Gasteiger partial charge in [0.15, 0.2) is 11.2 Å². The number of hydrogen-bond donors (Lipinski definition) is 3. The van der Waals surface area contributed by atoms with Crippen LogP contribution in [0.3, 0.4) is 0 Å². The summed E-state index contributed by atoms with van der Waals surface area (Å²) >= 11 is 0. The number of aromatic nitrogens is 4. The number of H-pyrrole nitrogens is 2. The topological polar surface area (TPSA) is 130 Å². The zero-order chi connectivity index (χ0) is 23.5. The third-order valence-electron chi connectivity index (χ3n) is 5.10. The number of fused-ring (bicyclic) bond motifs is 1. The van der Waals surface area contributed by atoms with E-state index < -0.39 is 5.97 Å². The smallest absolute Gasteiger partial charge is 0.331 e. The molecule has 0 fully saturated rings. The number of carboxylic acid groups (broad SMARTS) is 1. The molecule has 0 saturated carbocycles. The Balaban J connectivity index is 1.81. The second-order valence-electron chi connectivity index (χ2n) is 7.25. The minimum atomic E-state index is -0.999. The van der Waals surface area contributed by atoms with Crippen molar-refractivity contribution in [2.45, 2.75) is 13.8 Å². The monoisotopic (exact) mass is 446 g/mol. The largest absolute Gasteiger partial charge is 0.496 e. The zero-order valence-electron chi connectivity index (χ0n) is 18.3. The first-order valence-corrected chi connectivity index (χ1v) is 10.2. The molecule has 4 rings (SSSR count). The molecule has 33 heavy (non-hydrogen) atoms. The fraction of sp³-hybridized carbons (Fsp3) is 0.167. The molecule has 9 heteroatoms. The average molecular weight is 446 g/mol. The molecule has 0 aliphatic heterocycles. The highest BCUT2D eigenvalue weighted by atomic mass is 16.5. The van der Waals surface area contributed by atoms with Crippen LogP contribution in [0.2, 0.25) is 0 Å². The van der Waals surface area contributed by atoms with Crippen molar-refractivity contribution in [2.75, 3.05) is 13.7 Å². The van der Waals surface area contributed by atoms with E-state index in [0.29, 0.717) is 40.7 Å².